The smallest absolute Gasteiger partial charge is 0.191 e. The number of rotatable bonds is 9. The molecule has 0 heterocycles. The summed E-state index contributed by atoms with van der Waals surface area (Å²) >= 11 is 0. The number of ether oxygens (including phenoxy) is 1. The first-order chi connectivity index (χ1) is 11.8. The van der Waals surface area contributed by atoms with Gasteiger partial charge in [-0.15, -0.1) is 24.0 Å². The Labute approximate surface area is 175 Å². The number of benzene rings is 1. The number of sulfone groups is 1. The Balaban J connectivity index is 0.00000625. The van der Waals surface area contributed by atoms with Crippen LogP contribution in [0.5, 0.6) is 5.75 Å². The van der Waals surface area contributed by atoms with Gasteiger partial charge in [-0.25, -0.2) is 13.4 Å². The highest BCUT2D eigenvalue weighted by atomic mass is 127. The monoisotopic (exact) mass is 497 g/mol. The molecule has 0 bridgehead atoms. The molecule has 0 radical (unpaired) electrons. The maximum atomic E-state index is 11.6. The summed E-state index contributed by atoms with van der Waals surface area (Å²) in [6.07, 6.45) is 0.0927. The van der Waals surface area contributed by atoms with Gasteiger partial charge in [0.15, 0.2) is 15.8 Å². The van der Waals surface area contributed by atoms with Crippen molar-refractivity contribution in [3.8, 4) is 5.75 Å². The molecule has 150 valence electrons. The van der Waals surface area contributed by atoms with E-state index in [0.29, 0.717) is 25.6 Å². The third-order valence-corrected chi connectivity index (χ3v) is 5.19. The Morgan fingerprint density at radius 2 is 1.92 bits per heavy atom. The van der Waals surface area contributed by atoms with Gasteiger partial charge in [0.05, 0.1) is 18.4 Å². The van der Waals surface area contributed by atoms with Crippen LogP contribution in [0.4, 0.5) is 0 Å². The highest BCUT2D eigenvalue weighted by molar-refractivity contribution is 14.0. The summed E-state index contributed by atoms with van der Waals surface area (Å²) in [6.45, 7) is 11.1. The fraction of sp³-hybridized carbons (Fsp3) is 0.611. The average molecular weight is 497 g/mol. The van der Waals surface area contributed by atoms with Crippen LogP contribution in [0, 0.1) is 6.92 Å². The molecule has 0 aliphatic rings. The molecule has 8 heteroatoms. The largest absolute Gasteiger partial charge is 0.491 e. The van der Waals surface area contributed by atoms with E-state index in [-0.39, 0.29) is 41.6 Å². The number of aryl methyl sites for hydroxylation is 1. The van der Waals surface area contributed by atoms with Crippen LogP contribution in [0.2, 0.25) is 0 Å². The minimum Gasteiger partial charge on any atom is -0.491 e. The fourth-order valence-electron chi connectivity index (χ4n) is 2.13. The van der Waals surface area contributed by atoms with E-state index >= 15 is 0 Å². The van der Waals surface area contributed by atoms with Crippen molar-refractivity contribution >= 4 is 39.8 Å². The molecule has 0 atom stereocenters. The summed E-state index contributed by atoms with van der Waals surface area (Å²) in [7, 11) is -2.99. The summed E-state index contributed by atoms with van der Waals surface area (Å²) in [6, 6.07) is 6.06. The van der Waals surface area contributed by atoms with E-state index in [1.54, 1.807) is 6.92 Å². The SMILES string of the molecule is CCNC(=NCc1ccc(C)cc1OC(C)C)NCCS(=O)(=O)CC.I. The van der Waals surface area contributed by atoms with Crippen LogP contribution in [0.3, 0.4) is 0 Å². The number of aliphatic imine (C=N–C) groups is 1. The molecular weight excluding hydrogens is 465 g/mol. The predicted molar refractivity (Wildman–Crippen MR) is 120 cm³/mol. The lowest BCUT2D eigenvalue weighted by Gasteiger charge is -2.15. The Morgan fingerprint density at radius 3 is 2.50 bits per heavy atom. The van der Waals surface area contributed by atoms with Crippen LogP contribution < -0.4 is 15.4 Å². The molecule has 0 fully saturated rings. The van der Waals surface area contributed by atoms with Gasteiger partial charge in [-0.05, 0) is 39.3 Å². The topological polar surface area (TPSA) is 79.8 Å². The van der Waals surface area contributed by atoms with Crippen LogP contribution in [0.1, 0.15) is 38.8 Å². The highest BCUT2D eigenvalue weighted by Crippen LogP contribution is 2.22. The second kappa shape index (κ2) is 12.4. The van der Waals surface area contributed by atoms with Gasteiger partial charge in [-0.2, -0.15) is 0 Å². The van der Waals surface area contributed by atoms with Gasteiger partial charge >= 0.3 is 0 Å². The Morgan fingerprint density at radius 1 is 1.23 bits per heavy atom. The lowest BCUT2D eigenvalue weighted by atomic mass is 10.1. The molecule has 0 saturated heterocycles. The molecule has 1 rings (SSSR count). The van der Waals surface area contributed by atoms with E-state index in [1.165, 1.54) is 0 Å². The van der Waals surface area contributed by atoms with Crippen molar-refractivity contribution in [2.45, 2.75) is 47.3 Å². The molecule has 0 saturated carbocycles. The van der Waals surface area contributed by atoms with Crippen LogP contribution in [-0.2, 0) is 16.4 Å². The molecule has 1 aromatic rings. The Bertz CT molecular complexity index is 676. The van der Waals surface area contributed by atoms with Crippen molar-refractivity contribution in [3.63, 3.8) is 0 Å². The highest BCUT2D eigenvalue weighted by Gasteiger charge is 2.09. The van der Waals surface area contributed by atoms with E-state index < -0.39 is 9.84 Å². The molecule has 0 spiro atoms. The molecule has 0 amide bonds. The van der Waals surface area contributed by atoms with E-state index in [0.717, 1.165) is 16.9 Å². The first-order valence-electron chi connectivity index (χ1n) is 8.76. The number of guanidine groups is 1. The van der Waals surface area contributed by atoms with Gasteiger partial charge in [0.1, 0.15) is 5.75 Å². The zero-order valence-electron chi connectivity index (χ0n) is 16.3. The van der Waals surface area contributed by atoms with E-state index in [1.807, 2.05) is 45.9 Å². The number of nitrogens with zero attached hydrogens (tertiary/aromatic N) is 1. The second-order valence-electron chi connectivity index (χ2n) is 6.14. The fourth-order valence-corrected chi connectivity index (χ4v) is 2.83. The van der Waals surface area contributed by atoms with Gasteiger partial charge < -0.3 is 15.4 Å². The number of nitrogens with one attached hydrogen (secondary N) is 2. The van der Waals surface area contributed by atoms with Crippen molar-refractivity contribution in [1.29, 1.82) is 0 Å². The molecule has 26 heavy (non-hydrogen) atoms. The minimum absolute atomic E-state index is 0. The third-order valence-electron chi connectivity index (χ3n) is 3.48. The maximum absolute atomic E-state index is 11.6. The number of hydrogen-bond donors (Lipinski definition) is 2. The molecule has 0 unspecified atom stereocenters. The average Bonchev–Trinajstić information content (AvgIpc) is 2.53. The summed E-state index contributed by atoms with van der Waals surface area (Å²) in [5.41, 5.74) is 2.14. The van der Waals surface area contributed by atoms with Crippen LogP contribution >= 0.6 is 24.0 Å². The van der Waals surface area contributed by atoms with Crippen molar-refractivity contribution in [3.05, 3.63) is 29.3 Å². The molecule has 2 N–H and O–H groups in total. The molecule has 6 nitrogen and oxygen atoms in total. The zero-order valence-corrected chi connectivity index (χ0v) is 19.5. The van der Waals surface area contributed by atoms with Crippen molar-refractivity contribution in [2.75, 3.05) is 24.6 Å². The van der Waals surface area contributed by atoms with Gasteiger partial charge in [0, 0.05) is 24.4 Å². The van der Waals surface area contributed by atoms with Crippen molar-refractivity contribution in [1.82, 2.24) is 10.6 Å². The van der Waals surface area contributed by atoms with Crippen LogP contribution in [-0.4, -0.2) is 45.1 Å². The van der Waals surface area contributed by atoms with E-state index in [9.17, 15) is 8.42 Å². The molecule has 0 aliphatic heterocycles. The van der Waals surface area contributed by atoms with Crippen molar-refractivity contribution in [2.24, 2.45) is 4.99 Å². The van der Waals surface area contributed by atoms with E-state index in [2.05, 4.69) is 15.6 Å². The van der Waals surface area contributed by atoms with Crippen LogP contribution in [0.15, 0.2) is 23.2 Å². The zero-order chi connectivity index (χ0) is 18.9. The molecule has 0 aromatic heterocycles. The van der Waals surface area contributed by atoms with Gasteiger partial charge in [0.2, 0.25) is 0 Å². The third kappa shape index (κ3) is 9.61. The maximum Gasteiger partial charge on any atom is 0.191 e. The summed E-state index contributed by atoms with van der Waals surface area (Å²) < 4.78 is 29.0. The van der Waals surface area contributed by atoms with Crippen LogP contribution in [0.25, 0.3) is 0 Å². The Hall–Kier alpha value is -1.03. The van der Waals surface area contributed by atoms with Gasteiger partial charge in [-0.1, -0.05) is 19.1 Å². The first-order valence-corrected chi connectivity index (χ1v) is 10.6. The summed E-state index contributed by atoms with van der Waals surface area (Å²) in [4.78, 5) is 4.55. The summed E-state index contributed by atoms with van der Waals surface area (Å²) in [5, 5.41) is 6.20. The predicted octanol–water partition coefficient (Wildman–Crippen LogP) is 2.89. The lowest BCUT2D eigenvalue weighted by Crippen LogP contribution is -2.39. The first kappa shape index (κ1) is 25.0. The van der Waals surface area contributed by atoms with E-state index in [4.69, 9.17) is 4.74 Å². The minimum atomic E-state index is -2.99. The molecule has 1 aromatic carbocycles. The van der Waals surface area contributed by atoms with Gasteiger partial charge in [0.25, 0.3) is 0 Å². The normalized spacial score (nSPS) is 11.8. The number of hydrogen-bond acceptors (Lipinski definition) is 4. The van der Waals surface area contributed by atoms with Gasteiger partial charge in [-0.3, -0.25) is 0 Å². The number of halogens is 1. The standard InChI is InChI=1S/C18H31N3O3S.HI/c1-6-19-18(20-10-11-25(22,23)7-2)21-13-16-9-8-15(5)12-17(16)24-14(3)4;/h8-9,12,14H,6-7,10-11,13H2,1-5H3,(H2,19,20,21);1H. The summed E-state index contributed by atoms with van der Waals surface area (Å²) in [5.74, 6) is 1.69. The quantitative estimate of drug-likeness (QED) is 0.312. The van der Waals surface area contributed by atoms with Crippen molar-refractivity contribution < 1.29 is 13.2 Å². The lowest BCUT2D eigenvalue weighted by molar-refractivity contribution is 0.240. The second-order valence-corrected chi connectivity index (χ2v) is 8.61. The molecule has 0 aliphatic carbocycles. The molecular formula is C18H32IN3O3S. The Kier molecular flexibility index (Phi) is 11.9.